The molecule has 0 amide bonds. The number of sulfonamides is 1. The largest absolute Gasteiger partial charge is 0.273 e. The van der Waals surface area contributed by atoms with Gasteiger partial charge in [-0.3, -0.25) is 10.1 Å². The molecule has 0 aromatic heterocycles. The monoisotopic (exact) mass is 284 g/mol. The molecular weight excluding hydrogens is 268 g/mol. The average Bonchev–Trinajstić information content (AvgIpc) is 3.20. The van der Waals surface area contributed by atoms with E-state index < -0.39 is 14.9 Å². The van der Waals surface area contributed by atoms with Gasteiger partial charge in [-0.1, -0.05) is 6.07 Å². The third kappa shape index (κ3) is 3.51. The quantitative estimate of drug-likeness (QED) is 0.638. The first kappa shape index (κ1) is 14.0. The Labute approximate surface area is 112 Å². The van der Waals surface area contributed by atoms with E-state index in [4.69, 9.17) is 0 Å². The van der Waals surface area contributed by atoms with E-state index in [9.17, 15) is 18.5 Å². The fourth-order valence-corrected chi connectivity index (χ4v) is 2.47. The lowest BCUT2D eigenvalue weighted by atomic mass is 10.1. The lowest BCUT2D eigenvalue weighted by Crippen LogP contribution is -2.25. The summed E-state index contributed by atoms with van der Waals surface area (Å²) in [5.41, 5.74) is 1.44. The second kappa shape index (κ2) is 5.26. The maximum absolute atomic E-state index is 11.4. The highest BCUT2D eigenvalue weighted by molar-refractivity contribution is 7.89. The molecule has 0 spiro atoms. The van der Waals surface area contributed by atoms with E-state index in [1.807, 2.05) is 0 Å². The van der Waals surface area contributed by atoms with Gasteiger partial charge in [0.1, 0.15) is 0 Å². The maximum atomic E-state index is 11.4. The van der Waals surface area contributed by atoms with Gasteiger partial charge in [-0.25, -0.2) is 13.1 Å². The number of nitrogens with one attached hydrogen (secondary N) is 1. The summed E-state index contributed by atoms with van der Waals surface area (Å²) >= 11 is 0. The second-order valence-corrected chi connectivity index (χ2v) is 6.74. The van der Waals surface area contributed by atoms with Crippen molar-refractivity contribution in [2.75, 3.05) is 5.75 Å². The molecule has 0 saturated heterocycles. The molecule has 19 heavy (non-hydrogen) atoms. The Morgan fingerprint density at radius 3 is 2.63 bits per heavy atom. The normalized spacial score (nSPS) is 15.4. The van der Waals surface area contributed by atoms with Crippen LogP contribution in [0.25, 0.3) is 0 Å². The predicted molar refractivity (Wildman–Crippen MR) is 71.4 cm³/mol. The van der Waals surface area contributed by atoms with Crippen LogP contribution < -0.4 is 4.72 Å². The molecule has 0 aliphatic heterocycles. The van der Waals surface area contributed by atoms with Crippen molar-refractivity contribution in [3.8, 4) is 0 Å². The molecule has 0 heterocycles. The van der Waals surface area contributed by atoms with E-state index in [0.717, 1.165) is 18.4 Å². The van der Waals surface area contributed by atoms with Crippen LogP contribution in [0, 0.1) is 10.1 Å². The van der Waals surface area contributed by atoms with Gasteiger partial charge in [0.05, 0.1) is 10.7 Å². The Hall–Kier alpha value is -1.47. The van der Waals surface area contributed by atoms with Crippen LogP contribution in [-0.2, 0) is 16.6 Å². The predicted octanol–water partition coefficient (Wildman–Crippen LogP) is 1.91. The standard InChI is InChI=1S/C12H16N2O4S/c1-2-19(17,18)13-8-11-7-10(9-3-4-9)5-6-12(11)14(15)16/h5-7,9,13H,2-4,8H2,1H3. The minimum Gasteiger partial charge on any atom is -0.258 e. The van der Waals surface area contributed by atoms with Crippen molar-refractivity contribution in [3.63, 3.8) is 0 Å². The summed E-state index contributed by atoms with van der Waals surface area (Å²) < 4.78 is 25.2. The molecule has 7 heteroatoms. The van der Waals surface area contributed by atoms with E-state index in [1.165, 1.54) is 13.0 Å². The van der Waals surface area contributed by atoms with Crippen molar-refractivity contribution in [1.29, 1.82) is 0 Å². The number of benzene rings is 1. The zero-order valence-corrected chi connectivity index (χ0v) is 11.4. The van der Waals surface area contributed by atoms with E-state index in [-0.39, 0.29) is 18.0 Å². The van der Waals surface area contributed by atoms with Crippen LogP contribution in [0.1, 0.15) is 36.8 Å². The van der Waals surface area contributed by atoms with Crippen molar-refractivity contribution in [2.24, 2.45) is 0 Å². The zero-order chi connectivity index (χ0) is 14.0. The molecule has 0 atom stereocenters. The molecule has 1 aromatic carbocycles. The molecule has 1 aromatic rings. The summed E-state index contributed by atoms with van der Waals surface area (Å²) in [4.78, 5) is 10.5. The van der Waals surface area contributed by atoms with Gasteiger partial charge in [0.2, 0.25) is 10.0 Å². The minimum atomic E-state index is -3.35. The summed E-state index contributed by atoms with van der Waals surface area (Å²) in [6.45, 7) is 1.49. The first-order valence-electron chi connectivity index (χ1n) is 6.17. The fraction of sp³-hybridized carbons (Fsp3) is 0.500. The maximum Gasteiger partial charge on any atom is 0.273 e. The van der Waals surface area contributed by atoms with E-state index in [0.29, 0.717) is 11.5 Å². The van der Waals surface area contributed by atoms with Crippen molar-refractivity contribution < 1.29 is 13.3 Å². The molecule has 2 rings (SSSR count). The molecule has 1 saturated carbocycles. The highest BCUT2D eigenvalue weighted by Gasteiger charge is 2.26. The highest BCUT2D eigenvalue weighted by Crippen LogP contribution is 2.41. The van der Waals surface area contributed by atoms with E-state index in [2.05, 4.69) is 4.72 Å². The number of nitro benzene ring substituents is 1. The van der Waals surface area contributed by atoms with Gasteiger partial charge < -0.3 is 0 Å². The summed E-state index contributed by atoms with van der Waals surface area (Å²) in [5, 5.41) is 10.9. The number of nitrogens with zero attached hydrogens (tertiary/aromatic N) is 1. The van der Waals surface area contributed by atoms with Crippen LogP contribution in [0.3, 0.4) is 0 Å². The number of hydrogen-bond acceptors (Lipinski definition) is 4. The first-order chi connectivity index (χ1) is 8.93. The molecule has 6 nitrogen and oxygen atoms in total. The Kier molecular flexibility index (Phi) is 3.86. The van der Waals surface area contributed by atoms with Gasteiger partial charge in [-0.15, -0.1) is 0 Å². The molecule has 1 aliphatic rings. The Morgan fingerprint density at radius 1 is 1.42 bits per heavy atom. The average molecular weight is 284 g/mol. The fourth-order valence-electron chi connectivity index (χ4n) is 1.89. The summed E-state index contributed by atoms with van der Waals surface area (Å²) in [7, 11) is -3.35. The van der Waals surface area contributed by atoms with Crippen molar-refractivity contribution in [3.05, 3.63) is 39.4 Å². The topological polar surface area (TPSA) is 89.3 Å². The third-order valence-electron chi connectivity index (χ3n) is 3.21. The molecule has 1 N–H and O–H groups in total. The molecule has 0 bridgehead atoms. The van der Waals surface area contributed by atoms with Crippen molar-refractivity contribution >= 4 is 15.7 Å². The Morgan fingerprint density at radius 2 is 2.11 bits per heavy atom. The van der Waals surface area contributed by atoms with Crippen LogP contribution in [0.5, 0.6) is 0 Å². The first-order valence-corrected chi connectivity index (χ1v) is 7.82. The van der Waals surface area contributed by atoms with Gasteiger partial charge in [-0.2, -0.15) is 0 Å². The molecule has 1 fully saturated rings. The highest BCUT2D eigenvalue weighted by atomic mass is 32.2. The zero-order valence-electron chi connectivity index (χ0n) is 10.6. The lowest BCUT2D eigenvalue weighted by Gasteiger charge is -2.07. The van der Waals surface area contributed by atoms with Crippen LogP contribution in [-0.4, -0.2) is 19.1 Å². The van der Waals surface area contributed by atoms with Gasteiger partial charge in [0.15, 0.2) is 0 Å². The molecule has 1 aliphatic carbocycles. The van der Waals surface area contributed by atoms with Crippen LogP contribution >= 0.6 is 0 Å². The van der Waals surface area contributed by atoms with Crippen LogP contribution in [0.15, 0.2) is 18.2 Å². The van der Waals surface area contributed by atoms with Crippen LogP contribution in [0.2, 0.25) is 0 Å². The minimum absolute atomic E-state index is 0.0347. The van der Waals surface area contributed by atoms with Gasteiger partial charge >= 0.3 is 0 Å². The molecular formula is C12H16N2O4S. The summed E-state index contributed by atoms with van der Waals surface area (Å²) in [6, 6.07) is 4.96. The van der Waals surface area contributed by atoms with Gasteiger partial charge in [0, 0.05) is 18.2 Å². The third-order valence-corrected chi connectivity index (χ3v) is 4.56. The number of hydrogen-bond donors (Lipinski definition) is 1. The summed E-state index contributed by atoms with van der Waals surface area (Å²) in [6.07, 6.45) is 2.19. The smallest absolute Gasteiger partial charge is 0.258 e. The second-order valence-electron chi connectivity index (χ2n) is 4.64. The van der Waals surface area contributed by atoms with Crippen molar-refractivity contribution in [2.45, 2.75) is 32.2 Å². The number of nitro groups is 1. The molecule has 0 radical (unpaired) electrons. The van der Waals surface area contributed by atoms with Crippen LogP contribution in [0.4, 0.5) is 5.69 Å². The van der Waals surface area contributed by atoms with Gasteiger partial charge in [0.25, 0.3) is 5.69 Å². The lowest BCUT2D eigenvalue weighted by molar-refractivity contribution is -0.385. The Balaban J connectivity index is 2.24. The van der Waals surface area contributed by atoms with Crippen molar-refractivity contribution in [1.82, 2.24) is 4.72 Å². The Bertz CT molecular complexity index is 594. The molecule has 104 valence electrons. The summed E-state index contributed by atoms with van der Waals surface area (Å²) in [5.74, 6) is 0.436. The number of rotatable bonds is 6. The van der Waals surface area contributed by atoms with E-state index >= 15 is 0 Å². The molecule has 0 unspecified atom stereocenters. The SMILES string of the molecule is CCS(=O)(=O)NCc1cc(C2CC2)ccc1[N+](=O)[O-]. The van der Waals surface area contributed by atoms with Gasteiger partial charge in [-0.05, 0) is 37.3 Å². The van der Waals surface area contributed by atoms with E-state index in [1.54, 1.807) is 12.1 Å².